The highest BCUT2D eigenvalue weighted by atomic mass is 16.4. The van der Waals surface area contributed by atoms with Crippen LogP contribution in [0.25, 0.3) is 11.1 Å². The maximum absolute atomic E-state index is 14.4. The normalized spacial score (nSPS) is 39.9. The second kappa shape index (κ2) is 10.5. The number of nitrogens with two attached hydrogens (primary N) is 2. The highest BCUT2D eigenvalue weighted by Gasteiger charge is 2.74. The van der Waals surface area contributed by atoms with Gasteiger partial charge in [0.25, 0.3) is 0 Å². The lowest BCUT2D eigenvalue weighted by Gasteiger charge is -2.75. The van der Waals surface area contributed by atoms with Gasteiger partial charge < -0.3 is 26.4 Å². The van der Waals surface area contributed by atoms with Gasteiger partial charge in [-0.1, -0.05) is 78.5 Å². The number of piperidine rings is 3. The van der Waals surface area contributed by atoms with Crippen molar-refractivity contribution in [1.29, 1.82) is 0 Å². The second-order valence-electron chi connectivity index (χ2n) is 23.0. The topological polar surface area (TPSA) is 133 Å². The van der Waals surface area contributed by atoms with Crippen molar-refractivity contribution in [2.45, 2.75) is 61.9 Å². The number of para-hydroxylation sites is 1. The first kappa shape index (κ1) is 35.0. The molecule has 1 aromatic carbocycles. The Labute approximate surface area is 396 Å². The van der Waals surface area contributed by atoms with Gasteiger partial charge in [-0.15, -0.1) is 0 Å². The molecule has 10 aliphatic carbocycles. The summed E-state index contributed by atoms with van der Waals surface area (Å²) in [7, 11) is 0. The lowest BCUT2D eigenvalue weighted by molar-refractivity contribution is -0.132. The molecule has 3 saturated heterocycles. The van der Waals surface area contributed by atoms with Crippen LogP contribution in [-0.2, 0) is 14.4 Å². The van der Waals surface area contributed by atoms with Crippen molar-refractivity contribution < 1.29 is 19.5 Å². The molecule has 13 unspecified atom stereocenters. The van der Waals surface area contributed by atoms with Gasteiger partial charge in [-0.25, -0.2) is 4.79 Å². The van der Waals surface area contributed by atoms with E-state index in [-0.39, 0.29) is 77.7 Å². The number of allylic oxidation sites excluding steroid dienone is 16. The lowest BCUT2D eigenvalue weighted by Crippen LogP contribution is -2.77. The number of fused-ring (bicyclic) bond motifs is 6. The minimum absolute atomic E-state index is 0.0199. The van der Waals surface area contributed by atoms with Gasteiger partial charge >= 0.3 is 5.97 Å². The number of carboxylic acid groups (broad SMARTS) is 1. The van der Waals surface area contributed by atoms with Crippen molar-refractivity contribution in [3.63, 3.8) is 0 Å². The summed E-state index contributed by atoms with van der Waals surface area (Å²) >= 11 is 0. The van der Waals surface area contributed by atoms with Crippen LogP contribution in [0.5, 0.6) is 0 Å². The first-order valence-corrected chi connectivity index (χ1v) is 25.3. The molecule has 13 atom stereocenters. The van der Waals surface area contributed by atoms with Gasteiger partial charge in [0.05, 0.1) is 35.4 Å². The second-order valence-corrected chi connectivity index (χ2v) is 23.0. The van der Waals surface area contributed by atoms with E-state index in [1.165, 1.54) is 72.7 Å². The van der Waals surface area contributed by atoms with Crippen molar-refractivity contribution >= 4 is 34.6 Å². The monoisotopic (exact) mass is 895 g/mol. The fourth-order valence-corrected chi connectivity index (χ4v) is 19.7. The van der Waals surface area contributed by atoms with Gasteiger partial charge in [0.2, 0.25) is 11.8 Å². The number of carbonyl (C=O) groups is 3. The van der Waals surface area contributed by atoms with Crippen LogP contribution in [0.1, 0.15) is 36.8 Å². The number of carboxylic acids is 1. The van der Waals surface area contributed by atoms with E-state index in [9.17, 15) is 19.5 Å². The summed E-state index contributed by atoms with van der Waals surface area (Å²) in [5, 5.41) is 10.7. The Kier molecular flexibility index (Phi) is 5.32. The van der Waals surface area contributed by atoms with Gasteiger partial charge in [0, 0.05) is 93.6 Å². The minimum Gasteiger partial charge on any atom is -0.478 e. The van der Waals surface area contributed by atoms with E-state index in [1.54, 1.807) is 11.3 Å². The Hall–Kier alpha value is -7.23. The fraction of sp³-hybridized carbons (Fsp3) is 0.283. The van der Waals surface area contributed by atoms with Crippen LogP contribution in [0.15, 0.2) is 203 Å². The van der Waals surface area contributed by atoms with Gasteiger partial charge in [0.1, 0.15) is 0 Å². The van der Waals surface area contributed by atoms with E-state index in [0.29, 0.717) is 35.5 Å². The summed E-state index contributed by atoms with van der Waals surface area (Å²) < 4.78 is 0. The Bertz CT molecular complexity index is 3810. The number of nitrogens with zero attached hydrogens (tertiary/aromatic N) is 3. The van der Waals surface area contributed by atoms with E-state index < -0.39 is 11.9 Å². The Morgan fingerprint density at radius 3 is 2.52 bits per heavy atom. The van der Waals surface area contributed by atoms with Gasteiger partial charge in [-0.2, -0.15) is 0 Å². The van der Waals surface area contributed by atoms with E-state index in [1.807, 2.05) is 12.2 Å². The zero-order valence-electron chi connectivity index (χ0n) is 37.2. The number of hydrogen-bond acceptors (Lipinski definition) is 6. The summed E-state index contributed by atoms with van der Waals surface area (Å²) in [6.07, 6.45) is 30.6. The van der Waals surface area contributed by atoms with E-state index >= 15 is 0 Å². The highest BCUT2D eigenvalue weighted by molar-refractivity contribution is 6.09. The van der Waals surface area contributed by atoms with Crippen LogP contribution in [0.4, 0.5) is 5.69 Å². The third-order valence-electron chi connectivity index (χ3n) is 21.2. The molecule has 0 radical (unpaired) electrons. The number of primary amides is 2. The Morgan fingerprint density at radius 1 is 0.754 bits per heavy atom. The quantitative estimate of drug-likeness (QED) is 0.300. The van der Waals surface area contributed by atoms with Crippen molar-refractivity contribution in [3.8, 4) is 0 Å². The molecule has 9 aliphatic heterocycles. The molecule has 0 saturated carbocycles. The molecule has 3 fully saturated rings. The van der Waals surface area contributed by atoms with Crippen LogP contribution in [0, 0.1) is 41.4 Å². The van der Waals surface area contributed by atoms with Gasteiger partial charge in [-0.05, 0) is 127 Å². The van der Waals surface area contributed by atoms with Gasteiger partial charge in [-0.3, -0.25) is 14.5 Å². The fourth-order valence-electron chi connectivity index (χ4n) is 19.7. The SMILES string of the molecule is NC(=O)C1=C2CC3=C4C5C2C2=C6C7C8C9=C(C=C%10CC=C%11C(=C(C%12C%13C(=CC=CC%11%13)C%11CC=C%13C=C(C(=O)O)C=C3C%13N%11C4%12)N57)C%108)C3=CC=CC4=C(C(N)=O)CC5=C(C34)C9N6c3c(cccc35)C2=C1. The van der Waals surface area contributed by atoms with Crippen LogP contribution in [0.3, 0.4) is 0 Å². The minimum atomic E-state index is -0.907. The third-order valence-corrected chi connectivity index (χ3v) is 21.2. The molecule has 19 aliphatic rings. The molecular formula is C60H41N5O4. The standard InChI is InChI=1S/C60H41N5O4/c61-58(66)36-18-31-27-7-3-8-28-32-19-37(59(62)67)34-17-33-35-16-22(60(68)69)14-21-11-13-38-29-9-2-4-23-26-12-10-20-15-30-24-5-1-6-25(36)40(24)43(31)52-46(30)48-39(20)42(26)54-49(41(23)29)55(63(38)50(21)35)47(33)53-44(34)45(32)56(57(48)65(53)54)64(52)51(27)28/h1-9,11-12,14-16,19,23,38-41,44,48-50,52-53,55,57H,10,13,17-18H2,(H2,61,66)(H2,62,67)(H,68,69). The highest BCUT2D eigenvalue weighted by Crippen LogP contribution is 2.77. The van der Waals surface area contributed by atoms with Crippen LogP contribution in [-0.4, -0.2) is 68.9 Å². The van der Waals surface area contributed by atoms with Crippen molar-refractivity contribution in [3.05, 3.63) is 214 Å². The van der Waals surface area contributed by atoms with Crippen LogP contribution < -0.4 is 16.4 Å². The zero-order valence-corrected chi connectivity index (χ0v) is 37.2. The molecule has 2 amide bonds. The maximum atomic E-state index is 14.4. The Balaban J connectivity index is 0.985. The summed E-state index contributed by atoms with van der Waals surface area (Å²) in [6.45, 7) is 0. The molecule has 330 valence electrons. The number of anilines is 1. The molecule has 9 heterocycles. The van der Waals surface area contributed by atoms with Crippen molar-refractivity contribution in [2.75, 3.05) is 4.90 Å². The number of aliphatic carboxylic acids is 1. The summed E-state index contributed by atoms with van der Waals surface area (Å²) in [4.78, 5) is 49.8. The molecule has 20 rings (SSSR count). The first-order chi connectivity index (χ1) is 33.8. The molecule has 5 N–H and O–H groups in total. The predicted octanol–water partition coefficient (Wildman–Crippen LogP) is 6.92. The van der Waals surface area contributed by atoms with Crippen LogP contribution >= 0.6 is 0 Å². The molecule has 9 nitrogen and oxygen atoms in total. The molecule has 0 aromatic heterocycles. The largest absolute Gasteiger partial charge is 0.478 e. The summed E-state index contributed by atoms with van der Waals surface area (Å²) in [5.74, 6) is -0.691. The van der Waals surface area contributed by atoms with Crippen molar-refractivity contribution in [1.82, 2.24) is 9.80 Å². The number of hydrogen-bond donors (Lipinski definition) is 3. The molecule has 69 heavy (non-hydrogen) atoms. The number of rotatable bonds is 3. The van der Waals surface area contributed by atoms with E-state index in [2.05, 4.69) is 93.7 Å². The van der Waals surface area contributed by atoms with Gasteiger partial charge in [0.15, 0.2) is 0 Å². The molecule has 0 spiro atoms. The maximum Gasteiger partial charge on any atom is 0.335 e. The third kappa shape index (κ3) is 3.29. The average Bonchev–Trinajstić information content (AvgIpc) is 3.37. The predicted molar refractivity (Wildman–Crippen MR) is 256 cm³/mol. The smallest absolute Gasteiger partial charge is 0.335 e. The molecule has 1 aromatic rings. The first-order valence-electron chi connectivity index (χ1n) is 25.3. The number of amides is 2. The van der Waals surface area contributed by atoms with E-state index in [4.69, 9.17) is 11.5 Å². The van der Waals surface area contributed by atoms with Crippen LogP contribution in [0.2, 0.25) is 0 Å². The zero-order chi connectivity index (χ0) is 44.8. The van der Waals surface area contributed by atoms with Crippen molar-refractivity contribution in [2.24, 2.45) is 52.9 Å². The molecule has 9 heteroatoms. The number of carbonyl (C=O) groups excluding carboxylic acids is 2. The molecular weight excluding hydrogens is 855 g/mol. The lowest BCUT2D eigenvalue weighted by atomic mass is 9.43. The van der Waals surface area contributed by atoms with E-state index in [0.717, 1.165) is 51.8 Å². The Morgan fingerprint density at radius 2 is 1.65 bits per heavy atom. The summed E-state index contributed by atoms with van der Waals surface area (Å²) in [6, 6.07) is 6.90. The average molecular weight is 896 g/mol. The summed E-state index contributed by atoms with van der Waals surface area (Å²) in [5.41, 5.74) is 43.7. The number of benzene rings is 1. The molecule has 0 bridgehead atoms.